The number of aryl methyl sites for hydroxylation is 1. The smallest absolute Gasteiger partial charge is 0.230 e. The Hall–Kier alpha value is -2.00. The number of nitrogens with zero attached hydrogens (tertiary/aromatic N) is 3. The van der Waals surface area contributed by atoms with Crippen molar-refractivity contribution in [1.82, 2.24) is 14.9 Å². The van der Waals surface area contributed by atoms with Gasteiger partial charge in [-0.25, -0.2) is 4.98 Å². The maximum atomic E-state index is 12.5. The highest BCUT2D eigenvalue weighted by Gasteiger charge is 2.42. The molecule has 2 aliphatic rings. The summed E-state index contributed by atoms with van der Waals surface area (Å²) in [6.45, 7) is 2.76. The van der Waals surface area contributed by atoms with Crippen LogP contribution in [-0.2, 0) is 11.3 Å². The molecule has 1 heterocycles. The largest absolute Gasteiger partial charge is 0.353 e. The van der Waals surface area contributed by atoms with Crippen molar-refractivity contribution in [1.29, 1.82) is 5.26 Å². The predicted octanol–water partition coefficient (Wildman–Crippen LogP) is 3.98. The monoisotopic (exact) mass is 382 g/mol. The van der Waals surface area contributed by atoms with Gasteiger partial charge in [0.25, 0.3) is 0 Å². The van der Waals surface area contributed by atoms with Gasteiger partial charge in [-0.1, -0.05) is 30.3 Å². The van der Waals surface area contributed by atoms with Crippen LogP contribution in [-0.4, -0.2) is 27.3 Å². The van der Waals surface area contributed by atoms with E-state index in [1.165, 1.54) is 37.4 Å². The zero-order valence-electron chi connectivity index (χ0n) is 15.7. The molecule has 6 heteroatoms. The lowest BCUT2D eigenvalue weighted by Gasteiger charge is -2.28. The summed E-state index contributed by atoms with van der Waals surface area (Å²) in [5.41, 5.74) is 1.93. The van der Waals surface area contributed by atoms with Crippen molar-refractivity contribution in [3.63, 3.8) is 0 Å². The van der Waals surface area contributed by atoms with Crippen molar-refractivity contribution in [3.8, 4) is 6.07 Å². The molecule has 2 aromatic rings. The van der Waals surface area contributed by atoms with Gasteiger partial charge in [-0.15, -0.1) is 0 Å². The Morgan fingerprint density at radius 2 is 2.26 bits per heavy atom. The second-order valence-corrected chi connectivity index (χ2v) is 8.87. The lowest BCUT2D eigenvalue weighted by molar-refractivity contribution is -0.119. The van der Waals surface area contributed by atoms with Crippen molar-refractivity contribution in [2.24, 2.45) is 17.8 Å². The Bertz CT molecular complexity index is 871. The third kappa shape index (κ3) is 3.84. The van der Waals surface area contributed by atoms with E-state index in [0.717, 1.165) is 28.0 Å². The molecule has 2 aliphatic carbocycles. The fourth-order valence-corrected chi connectivity index (χ4v) is 5.83. The molecule has 1 N–H and O–H groups in total. The Morgan fingerprint density at radius 1 is 1.41 bits per heavy atom. The lowest BCUT2D eigenvalue weighted by Crippen LogP contribution is -2.40. The highest BCUT2D eigenvalue weighted by molar-refractivity contribution is 7.99. The van der Waals surface area contributed by atoms with Crippen LogP contribution >= 0.6 is 11.8 Å². The maximum absolute atomic E-state index is 12.5. The summed E-state index contributed by atoms with van der Waals surface area (Å²) in [4.78, 5) is 17.2. The van der Waals surface area contributed by atoms with Crippen molar-refractivity contribution >= 4 is 28.7 Å². The first-order valence-electron chi connectivity index (χ1n) is 9.90. The molecule has 0 unspecified atom stereocenters. The number of imidazole rings is 1. The molecule has 0 radical (unpaired) electrons. The first kappa shape index (κ1) is 18.4. The molecule has 4 rings (SSSR count). The SMILES string of the molecule is C[C@@H](NC(=O)CSc1nc2ccccc2n1CCC#N)[C@H]1C[C@H]2CC[C@H]1C2. The minimum absolute atomic E-state index is 0.0779. The quantitative estimate of drug-likeness (QED) is 0.735. The van der Waals surface area contributed by atoms with Gasteiger partial charge < -0.3 is 9.88 Å². The topological polar surface area (TPSA) is 70.7 Å². The van der Waals surface area contributed by atoms with Crippen LogP contribution in [0.1, 0.15) is 39.0 Å². The van der Waals surface area contributed by atoms with Gasteiger partial charge in [-0.05, 0) is 56.1 Å². The number of nitriles is 1. The van der Waals surface area contributed by atoms with Gasteiger partial charge in [0.1, 0.15) is 0 Å². The lowest BCUT2D eigenvalue weighted by atomic mass is 9.84. The van der Waals surface area contributed by atoms with Gasteiger partial charge >= 0.3 is 0 Å². The first-order chi connectivity index (χ1) is 13.2. The molecule has 1 aromatic carbocycles. The van der Waals surface area contributed by atoms with Crippen LogP contribution in [0.2, 0.25) is 0 Å². The van der Waals surface area contributed by atoms with Crippen molar-refractivity contribution in [2.75, 3.05) is 5.75 Å². The first-order valence-corrected chi connectivity index (χ1v) is 10.9. The number of rotatable bonds is 7. The number of para-hydroxylation sites is 2. The van der Waals surface area contributed by atoms with Gasteiger partial charge in [-0.2, -0.15) is 5.26 Å². The minimum atomic E-state index is 0.0779. The molecule has 2 fully saturated rings. The third-order valence-electron chi connectivity index (χ3n) is 6.22. The fourth-order valence-electron chi connectivity index (χ4n) is 4.98. The summed E-state index contributed by atoms with van der Waals surface area (Å²) >= 11 is 1.46. The predicted molar refractivity (Wildman–Crippen MR) is 107 cm³/mol. The van der Waals surface area contributed by atoms with Crippen molar-refractivity contribution < 1.29 is 4.79 Å². The van der Waals surface area contributed by atoms with Crippen molar-refractivity contribution in [2.45, 2.75) is 56.8 Å². The van der Waals surface area contributed by atoms with Gasteiger partial charge in [0, 0.05) is 12.6 Å². The minimum Gasteiger partial charge on any atom is -0.353 e. The number of benzene rings is 1. The maximum Gasteiger partial charge on any atom is 0.230 e. The van der Waals surface area contributed by atoms with E-state index in [0.29, 0.717) is 24.6 Å². The van der Waals surface area contributed by atoms with E-state index in [2.05, 4.69) is 27.9 Å². The van der Waals surface area contributed by atoms with Crippen LogP contribution in [0, 0.1) is 29.1 Å². The number of hydrogen-bond donors (Lipinski definition) is 1. The van der Waals surface area contributed by atoms with E-state index < -0.39 is 0 Å². The second kappa shape index (κ2) is 7.93. The summed E-state index contributed by atoms with van der Waals surface area (Å²) < 4.78 is 2.05. The second-order valence-electron chi connectivity index (χ2n) is 7.93. The average Bonchev–Trinajstić information content (AvgIpc) is 3.38. The Kier molecular flexibility index (Phi) is 5.40. The van der Waals surface area contributed by atoms with Crippen LogP contribution in [0.5, 0.6) is 0 Å². The fraction of sp³-hybridized carbons (Fsp3) is 0.571. The Morgan fingerprint density at radius 3 is 3.00 bits per heavy atom. The van der Waals surface area contributed by atoms with E-state index >= 15 is 0 Å². The number of hydrogen-bond acceptors (Lipinski definition) is 4. The Balaban J connectivity index is 1.38. The molecular formula is C21H26N4OS. The van der Waals surface area contributed by atoms with E-state index in [4.69, 9.17) is 5.26 Å². The number of fused-ring (bicyclic) bond motifs is 3. The molecule has 2 bridgehead atoms. The zero-order chi connectivity index (χ0) is 18.8. The van der Waals surface area contributed by atoms with E-state index in [-0.39, 0.29) is 11.9 Å². The van der Waals surface area contributed by atoms with Gasteiger partial charge in [0.2, 0.25) is 5.91 Å². The molecule has 1 amide bonds. The highest BCUT2D eigenvalue weighted by Crippen LogP contribution is 2.49. The van der Waals surface area contributed by atoms with Crippen LogP contribution in [0.4, 0.5) is 0 Å². The van der Waals surface area contributed by atoms with Crippen LogP contribution in [0.25, 0.3) is 11.0 Å². The van der Waals surface area contributed by atoms with Gasteiger partial charge in [0.05, 0.1) is 29.3 Å². The molecule has 0 saturated heterocycles. The highest BCUT2D eigenvalue weighted by atomic mass is 32.2. The molecule has 142 valence electrons. The molecule has 0 spiro atoms. The number of carbonyl (C=O) groups excluding carboxylic acids is 1. The summed E-state index contributed by atoms with van der Waals surface area (Å²) in [6.07, 6.45) is 5.80. The number of amides is 1. The molecule has 1 aromatic heterocycles. The summed E-state index contributed by atoms with van der Waals surface area (Å²) in [5, 5.41) is 13.0. The summed E-state index contributed by atoms with van der Waals surface area (Å²) in [5.74, 6) is 2.80. The third-order valence-corrected chi connectivity index (χ3v) is 7.20. The summed E-state index contributed by atoms with van der Waals surface area (Å²) in [6, 6.07) is 10.4. The number of carbonyl (C=O) groups is 1. The Labute approximate surface area is 164 Å². The standard InChI is InChI=1S/C21H26N4OS/c1-14(17-12-15-7-8-16(17)11-15)23-20(26)13-27-21-24-18-5-2-3-6-19(18)25(21)10-4-9-22/h2-3,5-6,14-17H,4,7-8,10-13H2,1H3,(H,23,26)/t14-,15+,16+,17-/m1/s1. The number of aromatic nitrogens is 2. The molecule has 27 heavy (non-hydrogen) atoms. The van der Waals surface area contributed by atoms with E-state index in [1.54, 1.807) is 0 Å². The van der Waals surface area contributed by atoms with Crippen LogP contribution < -0.4 is 5.32 Å². The van der Waals surface area contributed by atoms with Crippen LogP contribution in [0.15, 0.2) is 29.4 Å². The molecule has 5 nitrogen and oxygen atoms in total. The summed E-state index contributed by atoms with van der Waals surface area (Å²) in [7, 11) is 0. The van der Waals surface area contributed by atoms with Gasteiger partial charge in [0.15, 0.2) is 5.16 Å². The van der Waals surface area contributed by atoms with Gasteiger partial charge in [-0.3, -0.25) is 4.79 Å². The molecule has 0 aliphatic heterocycles. The number of nitrogens with one attached hydrogen (secondary N) is 1. The zero-order valence-corrected chi connectivity index (χ0v) is 16.5. The molecule has 4 atom stereocenters. The van der Waals surface area contributed by atoms with Crippen molar-refractivity contribution in [3.05, 3.63) is 24.3 Å². The van der Waals surface area contributed by atoms with Crippen LogP contribution in [0.3, 0.4) is 0 Å². The molecular weight excluding hydrogens is 356 g/mol. The number of thioether (sulfide) groups is 1. The average molecular weight is 383 g/mol. The van der Waals surface area contributed by atoms with E-state index in [1.807, 2.05) is 24.3 Å². The molecule has 2 saturated carbocycles. The van der Waals surface area contributed by atoms with E-state index in [9.17, 15) is 4.79 Å². The normalized spacial score (nSPS) is 24.8.